The number of carbonyl (C=O) groups excluding carboxylic acids is 2. The molecule has 0 aromatic heterocycles. The summed E-state index contributed by atoms with van der Waals surface area (Å²) in [6.45, 7) is 12.9. The fourth-order valence-electron chi connectivity index (χ4n) is 1.27. The zero-order valence-corrected chi connectivity index (χ0v) is 16.2. The minimum atomic E-state index is -0.289. The molecule has 0 aliphatic carbocycles. The molecule has 2 unspecified atom stereocenters. The lowest BCUT2D eigenvalue weighted by Gasteiger charge is -2.14. The lowest BCUT2D eigenvalue weighted by molar-refractivity contribution is -0.143. The number of carbonyl (C=O) groups is 2. The van der Waals surface area contributed by atoms with Crippen molar-refractivity contribution in [3.8, 4) is 0 Å². The quantitative estimate of drug-likeness (QED) is 0.408. The highest BCUT2D eigenvalue weighted by molar-refractivity contribution is 8.77. The Labute approximate surface area is 142 Å². The van der Waals surface area contributed by atoms with Crippen LogP contribution >= 0.6 is 21.6 Å². The van der Waals surface area contributed by atoms with Gasteiger partial charge in [0.25, 0.3) is 0 Å². The monoisotopic (exact) mass is 350 g/mol. The maximum absolute atomic E-state index is 11.8. The van der Waals surface area contributed by atoms with Crippen LogP contribution in [0.15, 0.2) is 0 Å². The standard InChI is InChI=1S/C16H30O4S2/c1-11(2)7-9-19-15(17)13(5)21-22-14(6)16(18)20-10-8-12(3)4/h11-14H,7-10H2,1-6H3. The molecule has 6 heteroatoms. The van der Waals surface area contributed by atoms with E-state index >= 15 is 0 Å². The first-order valence-electron chi connectivity index (χ1n) is 7.89. The second-order valence-corrected chi connectivity index (χ2v) is 9.13. The van der Waals surface area contributed by atoms with Crippen molar-refractivity contribution in [2.75, 3.05) is 13.2 Å². The van der Waals surface area contributed by atoms with Crippen molar-refractivity contribution in [2.24, 2.45) is 11.8 Å². The molecule has 0 fully saturated rings. The maximum atomic E-state index is 11.8. The Morgan fingerprint density at radius 3 is 1.32 bits per heavy atom. The van der Waals surface area contributed by atoms with Crippen molar-refractivity contribution in [1.29, 1.82) is 0 Å². The lowest BCUT2D eigenvalue weighted by atomic mass is 10.1. The van der Waals surface area contributed by atoms with Crippen molar-refractivity contribution >= 4 is 33.5 Å². The summed E-state index contributed by atoms with van der Waals surface area (Å²) in [5.41, 5.74) is 0. The topological polar surface area (TPSA) is 52.6 Å². The number of hydrogen-bond acceptors (Lipinski definition) is 6. The molecular weight excluding hydrogens is 320 g/mol. The first kappa shape index (κ1) is 21.6. The van der Waals surface area contributed by atoms with E-state index in [9.17, 15) is 9.59 Å². The Hall–Kier alpha value is -0.360. The summed E-state index contributed by atoms with van der Waals surface area (Å²) in [6, 6.07) is 0. The highest BCUT2D eigenvalue weighted by Gasteiger charge is 2.21. The first-order valence-corrected chi connectivity index (χ1v) is 10.2. The van der Waals surface area contributed by atoms with Crippen molar-refractivity contribution in [1.82, 2.24) is 0 Å². The summed E-state index contributed by atoms with van der Waals surface area (Å²) in [5.74, 6) is 0.591. The van der Waals surface area contributed by atoms with Crippen LogP contribution in [0, 0.1) is 11.8 Å². The molecule has 130 valence electrons. The zero-order valence-electron chi connectivity index (χ0n) is 14.6. The van der Waals surface area contributed by atoms with E-state index in [1.807, 2.05) is 0 Å². The zero-order chi connectivity index (χ0) is 17.1. The fourth-order valence-corrected chi connectivity index (χ4v) is 3.37. The minimum Gasteiger partial charge on any atom is -0.465 e. The first-order chi connectivity index (χ1) is 10.2. The van der Waals surface area contributed by atoms with Gasteiger partial charge in [0.2, 0.25) is 0 Å². The van der Waals surface area contributed by atoms with Gasteiger partial charge < -0.3 is 9.47 Å². The molecule has 0 amide bonds. The number of esters is 2. The number of hydrogen-bond donors (Lipinski definition) is 0. The molecule has 0 heterocycles. The molecule has 0 aliphatic rings. The van der Waals surface area contributed by atoms with E-state index in [1.165, 1.54) is 21.6 Å². The predicted molar refractivity (Wildman–Crippen MR) is 94.9 cm³/mol. The molecule has 0 rings (SSSR count). The summed E-state index contributed by atoms with van der Waals surface area (Å²) >= 11 is 0. The molecule has 22 heavy (non-hydrogen) atoms. The van der Waals surface area contributed by atoms with Crippen LogP contribution in [0.2, 0.25) is 0 Å². The van der Waals surface area contributed by atoms with Gasteiger partial charge in [-0.15, -0.1) is 0 Å². The highest BCUT2D eigenvalue weighted by atomic mass is 33.1. The van der Waals surface area contributed by atoms with Crippen LogP contribution in [0.3, 0.4) is 0 Å². The normalized spacial score (nSPS) is 14.0. The molecule has 0 spiro atoms. The van der Waals surface area contributed by atoms with Crippen LogP contribution in [0.5, 0.6) is 0 Å². The predicted octanol–water partition coefficient (Wildman–Crippen LogP) is 4.32. The molecule has 2 atom stereocenters. The maximum Gasteiger partial charge on any atom is 0.319 e. The molecule has 0 bridgehead atoms. The SMILES string of the molecule is CC(C)CCOC(=O)C(C)SSC(C)C(=O)OCCC(C)C. The van der Waals surface area contributed by atoms with Crippen LogP contribution in [-0.2, 0) is 19.1 Å². The van der Waals surface area contributed by atoms with Crippen molar-refractivity contribution in [2.45, 2.75) is 64.9 Å². The van der Waals surface area contributed by atoms with Crippen LogP contribution in [-0.4, -0.2) is 35.7 Å². The Morgan fingerprint density at radius 1 is 0.727 bits per heavy atom. The fraction of sp³-hybridized carbons (Fsp3) is 0.875. The van der Waals surface area contributed by atoms with Crippen molar-refractivity contribution in [3.05, 3.63) is 0 Å². The third-order valence-corrected chi connectivity index (χ3v) is 6.03. The molecule has 0 radical (unpaired) electrons. The second-order valence-electron chi connectivity index (χ2n) is 6.18. The van der Waals surface area contributed by atoms with Crippen LogP contribution in [0.4, 0.5) is 0 Å². The van der Waals surface area contributed by atoms with E-state index in [2.05, 4.69) is 27.7 Å². The Kier molecular flexibility index (Phi) is 11.9. The average Bonchev–Trinajstić information content (AvgIpc) is 2.43. The van der Waals surface area contributed by atoms with E-state index in [-0.39, 0.29) is 22.4 Å². The van der Waals surface area contributed by atoms with Gasteiger partial charge in [0.1, 0.15) is 10.5 Å². The summed E-state index contributed by atoms with van der Waals surface area (Å²) in [7, 11) is 2.72. The van der Waals surface area contributed by atoms with Crippen molar-refractivity contribution in [3.63, 3.8) is 0 Å². The molecule has 0 saturated heterocycles. The van der Waals surface area contributed by atoms with Crippen LogP contribution in [0.1, 0.15) is 54.4 Å². The summed E-state index contributed by atoms with van der Waals surface area (Å²) in [6.07, 6.45) is 1.74. The van der Waals surface area contributed by atoms with Crippen LogP contribution < -0.4 is 0 Å². The third-order valence-electron chi connectivity index (χ3n) is 2.89. The summed E-state index contributed by atoms with van der Waals surface area (Å²) in [5, 5.41) is -0.578. The molecule has 0 aliphatic heterocycles. The van der Waals surface area contributed by atoms with Gasteiger partial charge in [0.15, 0.2) is 0 Å². The molecule has 0 aromatic carbocycles. The van der Waals surface area contributed by atoms with Gasteiger partial charge in [-0.1, -0.05) is 49.3 Å². The molecule has 0 aromatic rings. The molecule has 4 nitrogen and oxygen atoms in total. The van der Waals surface area contributed by atoms with Gasteiger partial charge in [0, 0.05) is 0 Å². The molecular formula is C16H30O4S2. The largest absolute Gasteiger partial charge is 0.465 e. The Bertz CT molecular complexity index is 300. The van der Waals surface area contributed by atoms with E-state index in [0.29, 0.717) is 25.0 Å². The van der Waals surface area contributed by atoms with E-state index < -0.39 is 0 Å². The third kappa shape index (κ3) is 11.2. The molecule has 0 saturated carbocycles. The van der Waals surface area contributed by atoms with E-state index in [0.717, 1.165) is 12.8 Å². The van der Waals surface area contributed by atoms with Gasteiger partial charge in [-0.2, -0.15) is 0 Å². The van der Waals surface area contributed by atoms with Gasteiger partial charge in [-0.25, -0.2) is 0 Å². The minimum absolute atomic E-state index is 0.224. The van der Waals surface area contributed by atoms with Gasteiger partial charge in [-0.05, 0) is 38.5 Å². The van der Waals surface area contributed by atoms with Gasteiger partial charge in [-0.3, -0.25) is 9.59 Å². The summed E-state index contributed by atoms with van der Waals surface area (Å²) < 4.78 is 10.4. The van der Waals surface area contributed by atoms with E-state index in [4.69, 9.17) is 9.47 Å². The second kappa shape index (κ2) is 12.1. The van der Waals surface area contributed by atoms with E-state index in [1.54, 1.807) is 13.8 Å². The number of rotatable bonds is 11. The smallest absolute Gasteiger partial charge is 0.319 e. The highest BCUT2D eigenvalue weighted by Crippen LogP contribution is 2.32. The van der Waals surface area contributed by atoms with Crippen LogP contribution in [0.25, 0.3) is 0 Å². The van der Waals surface area contributed by atoms with Crippen molar-refractivity contribution < 1.29 is 19.1 Å². The summed E-state index contributed by atoms with van der Waals surface area (Å²) in [4.78, 5) is 23.6. The van der Waals surface area contributed by atoms with Gasteiger partial charge in [0.05, 0.1) is 13.2 Å². The Balaban J connectivity index is 3.89. The average molecular weight is 351 g/mol. The Morgan fingerprint density at radius 2 is 1.05 bits per heavy atom. The number of ether oxygens (including phenoxy) is 2. The molecule has 0 N–H and O–H groups in total. The lowest BCUT2D eigenvalue weighted by Crippen LogP contribution is -2.20. The van der Waals surface area contributed by atoms with Gasteiger partial charge >= 0.3 is 11.9 Å².